The van der Waals surface area contributed by atoms with Crippen LogP contribution in [-0.2, 0) is 0 Å². The summed E-state index contributed by atoms with van der Waals surface area (Å²) < 4.78 is 10.5. The molecule has 0 radical (unpaired) electrons. The Bertz CT molecular complexity index is 1340. The molecule has 0 unspecified atom stereocenters. The molecule has 0 aliphatic heterocycles. The number of amides is 1. The third-order valence-corrected chi connectivity index (χ3v) is 5.51. The smallest absolute Gasteiger partial charge is 0.270 e. The quantitative estimate of drug-likeness (QED) is 0.261. The average Bonchev–Trinajstić information content (AvgIpc) is 2.87. The van der Waals surface area contributed by atoms with Crippen molar-refractivity contribution in [1.29, 1.82) is 0 Å². The summed E-state index contributed by atoms with van der Waals surface area (Å²) in [7, 11) is 3.12. The largest absolute Gasteiger partial charge is 0.497 e. The molecule has 0 aliphatic carbocycles. The van der Waals surface area contributed by atoms with Crippen LogP contribution in [0.5, 0.6) is 11.5 Å². The number of hydrogen-bond acceptors (Lipinski definition) is 5. The van der Waals surface area contributed by atoms with Crippen molar-refractivity contribution in [3.05, 3.63) is 83.4 Å². The molecule has 1 amide bonds. The van der Waals surface area contributed by atoms with Gasteiger partial charge in [0.2, 0.25) is 0 Å². The standard InChI is InChI=1S/C25H21ClN4O3S/c1-32-17-11-16(12-18(13-17)33-2)27-25(34)30-29-24(31)20-14-22(15-7-4-3-5-8-15)28-23-19(20)9-6-10-21(23)26/h3-14H,1-2H3,(H,29,31)(H2,27,30,34). The maximum absolute atomic E-state index is 13.1. The Labute approximate surface area is 207 Å². The fraction of sp³-hybridized carbons (Fsp3) is 0.0800. The zero-order chi connectivity index (χ0) is 24.1. The fourth-order valence-corrected chi connectivity index (χ4v) is 3.77. The monoisotopic (exact) mass is 492 g/mol. The Morgan fingerprint density at radius 2 is 1.62 bits per heavy atom. The van der Waals surface area contributed by atoms with Crippen LogP contribution in [0, 0.1) is 0 Å². The average molecular weight is 493 g/mol. The summed E-state index contributed by atoms with van der Waals surface area (Å²) >= 11 is 11.7. The number of thiocarbonyl (C=S) groups is 1. The minimum Gasteiger partial charge on any atom is -0.497 e. The number of aromatic nitrogens is 1. The van der Waals surface area contributed by atoms with Crippen LogP contribution in [0.1, 0.15) is 10.4 Å². The maximum atomic E-state index is 13.1. The third-order valence-electron chi connectivity index (χ3n) is 5.00. The third kappa shape index (κ3) is 5.19. The van der Waals surface area contributed by atoms with E-state index in [0.717, 1.165) is 5.56 Å². The minimum atomic E-state index is -0.390. The van der Waals surface area contributed by atoms with E-state index < -0.39 is 0 Å². The van der Waals surface area contributed by atoms with Crippen molar-refractivity contribution in [1.82, 2.24) is 15.8 Å². The first kappa shape index (κ1) is 23.3. The van der Waals surface area contributed by atoms with E-state index in [0.29, 0.717) is 44.4 Å². The SMILES string of the molecule is COc1cc(NC(=S)NNC(=O)c2cc(-c3ccccc3)nc3c(Cl)cccc23)cc(OC)c1. The zero-order valence-electron chi connectivity index (χ0n) is 18.4. The van der Waals surface area contributed by atoms with E-state index in [1.165, 1.54) is 0 Å². The summed E-state index contributed by atoms with van der Waals surface area (Å²) in [6.07, 6.45) is 0. The van der Waals surface area contributed by atoms with Crippen molar-refractivity contribution in [3.8, 4) is 22.8 Å². The molecule has 34 heavy (non-hydrogen) atoms. The Balaban J connectivity index is 1.56. The Morgan fingerprint density at radius 3 is 2.29 bits per heavy atom. The lowest BCUT2D eigenvalue weighted by molar-refractivity contribution is 0.0946. The summed E-state index contributed by atoms with van der Waals surface area (Å²) in [5.41, 5.74) is 8.46. The molecule has 0 atom stereocenters. The number of carbonyl (C=O) groups is 1. The molecule has 0 spiro atoms. The fourth-order valence-electron chi connectivity index (χ4n) is 3.38. The number of fused-ring (bicyclic) bond motifs is 1. The van der Waals surface area contributed by atoms with Crippen LogP contribution in [0.15, 0.2) is 72.8 Å². The first-order valence-corrected chi connectivity index (χ1v) is 11.0. The van der Waals surface area contributed by atoms with Crippen molar-refractivity contribution in [3.63, 3.8) is 0 Å². The van der Waals surface area contributed by atoms with Gasteiger partial charge in [0, 0.05) is 34.8 Å². The number of methoxy groups -OCH3 is 2. The molecule has 9 heteroatoms. The predicted molar refractivity (Wildman–Crippen MR) is 139 cm³/mol. The Hall–Kier alpha value is -3.88. The van der Waals surface area contributed by atoms with Crippen molar-refractivity contribution >= 4 is 51.4 Å². The minimum absolute atomic E-state index is 0.184. The van der Waals surface area contributed by atoms with E-state index in [9.17, 15) is 4.79 Å². The number of nitrogens with zero attached hydrogens (tertiary/aromatic N) is 1. The molecular formula is C25H21ClN4O3S. The van der Waals surface area contributed by atoms with Crippen molar-refractivity contribution in [2.24, 2.45) is 0 Å². The van der Waals surface area contributed by atoms with Crippen molar-refractivity contribution in [2.45, 2.75) is 0 Å². The van der Waals surface area contributed by atoms with Gasteiger partial charge in [0.1, 0.15) is 11.5 Å². The number of rotatable bonds is 5. The van der Waals surface area contributed by atoms with E-state index in [1.54, 1.807) is 56.7 Å². The second-order valence-electron chi connectivity index (χ2n) is 7.19. The molecule has 0 saturated heterocycles. The summed E-state index contributed by atoms with van der Waals surface area (Å²) in [6.45, 7) is 0. The molecule has 3 N–H and O–H groups in total. The van der Waals surface area contributed by atoms with Crippen LogP contribution >= 0.6 is 23.8 Å². The lowest BCUT2D eigenvalue weighted by atomic mass is 10.0. The van der Waals surface area contributed by atoms with Gasteiger partial charge in [-0.2, -0.15) is 0 Å². The highest BCUT2D eigenvalue weighted by atomic mass is 35.5. The van der Waals surface area contributed by atoms with Gasteiger partial charge in [-0.3, -0.25) is 15.6 Å². The van der Waals surface area contributed by atoms with Crippen LogP contribution in [-0.4, -0.2) is 30.2 Å². The molecule has 1 aromatic heterocycles. The van der Waals surface area contributed by atoms with Gasteiger partial charge in [0.25, 0.3) is 5.91 Å². The predicted octanol–water partition coefficient (Wildman–Crippen LogP) is 5.20. The molecular weight excluding hydrogens is 472 g/mol. The number of pyridine rings is 1. The van der Waals surface area contributed by atoms with E-state index in [-0.39, 0.29) is 11.0 Å². The maximum Gasteiger partial charge on any atom is 0.270 e. The highest BCUT2D eigenvalue weighted by Gasteiger charge is 2.16. The number of nitrogens with one attached hydrogen (secondary N) is 3. The summed E-state index contributed by atoms with van der Waals surface area (Å²) in [5.74, 6) is 0.809. The van der Waals surface area contributed by atoms with Gasteiger partial charge in [-0.15, -0.1) is 0 Å². The molecule has 172 valence electrons. The number of para-hydroxylation sites is 1. The number of hydrogen-bond donors (Lipinski definition) is 3. The van der Waals surface area contributed by atoms with Crippen LogP contribution in [0.4, 0.5) is 5.69 Å². The van der Waals surface area contributed by atoms with E-state index in [1.807, 2.05) is 30.3 Å². The molecule has 4 rings (SSSR count). The van der Waals surface area contributed by atoms with Crippen LogP contribution in [0.2, 0.25) is 5.02 Å². The number of anilines is 1. The van der Waals surface area contributed by atoms with Gasteiger partial charge in [0.05, 0.1) is 36.0 Å². The van der Waals surface area contributed by atoms with Gasteiger partial charge in [-0.05, 0) is 24.4 Å². The summed E-state index contributed by atoms with van der Waals surface area (Å²) in [6, 6.07) is 21.9. The first-order valence-electron chi connectivity index (χ1n) is 10.2. The molecule has 0 fully saturated rings. The molecule has 3 aromatic carbocycles. The normalized spacial score (nSPS) is 10.4. The lowest BCUT2D eigenvalue weighted by Gasteiger charge is -2.15. The number of ether oxygens (including phenoxy) is 2. The van der Waals surface area contributed by atoms with Crippen LogP contribution < -0.4 is 25.6 Å². The van der Waals surface area contributed by atoms with Gasteiger partial charge < -0.3 is 14.8 Å². The number of carbonyl (C=O) groups excluding carboxylic acids is 1. The van der Waals surface area contributed by atoms with Crippen molar-refractivity contribution < 1.29 is 14.3 Å². The first-order chi connectivity index (χ1) is 16.5. The van der Waals surface area contributed by atoms with Gasteiger partial charge in [-0.25, -0.2) is 4.98 Å². The van der Waals surface area contributed by atoms with Gasteiger partial charge in [0.15, 0.2) is 5.11 Å². The number of hydrazine groups is 1. The van der Waals surface area contributed by atoms with Crippen molar-refractivity contribution in [2.75, 3.05) is 19.5 Å². The van der Waals surface area contributed by atoms with Gasteiger partial charge in [-0.1, -0.05) is 54.1 Å². The number of halogens is 1. The molecule has 0 aliphatic rings. The zero-order valence-corrected chi connectivity index (χ0v) is 20.0. The highest BCUT2D eigenvalue weighted by Crippen LogP contribution is 2.29. The highest BCUT2D eigenvalue weighted by molar-refractivity contribution is 7.80. The van der Waals surface area contributed by atoms with Crippen LogP contribution in [0.25, 0.3) is 22.2 Å². The Kier molecular flexibility index (Phi) is 7.10. The topological polar surface area (TPSA) is 84.5 Å². The number of benzene rings is 3. The molecule has 4 aromatic rings. The second-order valence-corrected chi connectivity index (χ2v) is 8.01. The lowest BCUT2D eigenvalue weighted by Crippen LogP contribution is -2.43. The second kappa shape index (κ2) is 10.4. The molecule has 0 saturated carbocycles. The summed E-state index contributed by atoms with van der Waals surface area (Å²) in [5, 5.41) is 4.26. The van der Waals surface area contributed by atoms with E-state index in [4.69, 9.17) is 33.3 Å². The van der Waals surface area contributed by atoms with E-state index >= 15 is 0 Å². The van der Waals surface area contributed by atoms with Crippen LogP contribution in [0.3, 0.4) is 0 Å². The Morgan fingerprint density at radius 1 is 0.912 bits per heavy atom. The molecule has 1 heterocycles. The van der Waals surface area contributed by atoms with Gasteiger partial charge >= 0.3 is 0 Å². The summed E-state index contributed by atoms with van der Waals surface area (Å²) in [4.78, 5) is 17.8. The van der Waals surface area contributed by atoms with E-state index in [2.05, 4.69) is 21.2 Å². The molecule has 0 bridgehead atoms. The molecule has 7 nitrogen and oxygen atoms in total.